The van der Waals surface area contributed by atoms with Crippen molar-refractivity contribution < 1.29 is 13.9 Å². The van der Waals surface area contributed by atoms with Crippen LogP contribution in [0.25, 0.3) is 0 Å². The molecule has 3 N–H and O–H groups in total. The van der Waals surface area contributed by atoms with Crippen molar-refractivity contribution in [3.8, 4) is 0 Å². The lowest BCUT2D eigenvalue weighted by atomic mass is 10.1. The largest absolute Gasteiger partial charge is 0.462 e. The molecule has 0 heterocycles. The quantitative estimate of drug-likeness (QED) is 0.666. The molecule has 5 heteroatoms. The van der Waals surface area contributed by atoms with Gasteiger partial charge in [-0.2, -0.15) is 0 Å². The molecule has 0 aliphatic carbocycles. The van der Waals surface area contributed by atoms with Crippen molar-refractivity contribution in [2.24, 2.45) is 0 Å². The molecule has 0 atom stereocenters. The minimum atomic E-state index is -0.499. The van der Waals surface area contributed by atoms with E-state index in [9.17, 15) is 9.18 Å². The molecule has 21 heavy (non-hydrogen) atoms. The SMILES string of the molecule is CCOC(=O)c1cccc(N)c1Nc1c(C)cccc1F. The maximum atomic E-state index is 13.9. The summed E-state index contributed by atoms with van der Waals surface area (Å²) in [6.45, 7) is 3.75. The molecule has 0 radical (unpaired) electrons. The van der Waals surface area contributed by atoms with Gasteiger partial charge in [0.1, 0.15) is 5.82 Å². The van der Waals surface area contributed by atoms with Gasteiger partial charge in [-0.3, -0.25) is 0 Å². The van der Waals surface area contributed by atoms with Crippen LogP contribution in [0.2, 0.25) is 0 Å². The first-order valence-electron chi connectivity index (χ1n) is 6.62. The van der Waals surface area contributed by atoms with E-state index in [4.69, 9.17) is 10.5 Å². The summed E-state index contributed by atoms with van der Waals surface area (Å²) < 4.78 is 18.9. The van der Waals surface area contributed by atoms with Crippen LogP contribution in [0.15, 0.2) is 36.4 Å². The zero-order valence-electron chi connectivity index (χ0n) is 11.9. The normalized spacial score (nSPS) is 10.2. The molecule has 2 aromatic rings. The Labute approximate surface area is 122 Å². The Hall–Kier alpha value is -2.56. The van der Waals surface area contributed by atoms with Gasteiger partial charge in [0.25, 0.3) is 0 Å². The topological polar surface area (TPSA) is 64.3 Å². The number of esters is 1. The van der Waals surface area contributed by atoms with Crippen LogP contribution in [0.4, 0.5) is 21.5 Å². The Kier molecular flexibility index (Phi) is 4.42. The lowest BCUT2D eigenvalue weighted by Crippen LogP contribution is -2.10. The Bertz CT molecular complexity index is 651. The predicted octanol–water partition coefficient (Wildman–Crippen LogP) is 3.64. The van der Waals surface area contributed by atoms with Crippen molar-refractivity contribution >= 4 is 23.0 Å². The summed E-state index contributed by atoms with van der Waals surface area (Å²) in [4.78, 5) is 12.0. The van der Waals surface area contributed by atoms with Crippen molar-refractivity contribution in [2.45, 2.75) is 13.8 Å². The monoisotopic (exact) mass is 288 g/mol. The minimum Gasteiger partial charge on any atom is -0.462 e. The standard InChI is InChI=1S/C16H17FN2O2/c1-3-21-16(20)11-7-5-9-13(18)15(11)19-14-10(2)6-4-8-12(14)17/h4-9,19H,3,18H2,1-2H3. The maximum Gasteiger partial charge on any atom is 0.340 e. The molecule has 0 aromatic heterocycles. The van der Waals surface area contributed by atoms with Gasteiger partial charge < -0.3 is 15.8 Å². The van der Waals surface area contributed by atoms with Gasteiger partial charge in [-0.25, -0.2) is 9.18 Å². The van der Waals surface area contributed by atoms with E-state index in [2.05, 4.69) is 5.32 Å². The number of para-hydroxylation sites is 2. The lowest BCUT2D eigenvalue weighted by Gasteiger charge is -2.15. The Morgan fingerprint density at radius 1 is 1.24 bits per heavy atom. The fraction of sp³-hybridized carbons (Fsp3) is 0.188. The summed E-state index contributed by atoms with van der Waals surface area (Å²) in [5.41, 5.74) is 7.90. The van der Waals surface area contributed by atoms with E-state index in [-0.39, 0.29) is 12.2 Å². The van der Waals surface area contributed by atoms with E-state index in [1.807, 2.05) is 0 Å². The molecule has 0 unspecified atom stereocenters. The average Bonchev–Trinajstić information content (AvgIpc) is 2.44. The number of hydrogen-bond acceptors (Lipinski definition) is 4. The van der Waals surface area contributed by atoms with Gasteiger partial charge in [0.2, 0.25) is 0 Å². The molecule has 110 valence electrons. The van der Waals surface area contributed by atoms with Gasteiger partial charge in [-0.15, -0.1) is 0 Å². The van der Waals surface area contributed by atoms with Crippen molar-refractivity contribution in [1.82, 2.24) is 0 Å². The molecule has 0 spiro atoms. The molecule has 4 nitrogen and oxygen atoms in total. The van der Waals surface area contributed by atoms with Crippen LogP contribution in [0.3, 0.4) is 0 Å². The van der Waals surface area contributed by atoms with Gasteiger partial charge in [-0.1, -0.05) is 18.2 Å². The van der Waals surface area contributed by atoms with E-state index in [0.717, 1.165) is 0 Å². The van der Waals surface area contributed by atoms with Gasteiger partial charge in [0.15, 0.2) is 0 Å². The second kappa shape index (κ2) is 6.26. The second-order valence-electron chi connectivity index (χ2n) is 4.55. The molecular weight excluding hydrogens is 271 g/mol. The number of nitrogens with one attached hydrogen (secondary N) is 1. The van der Waals surface area contributed by atoms with E-state index < -0.39 is 11.8 Å². The number of nitrogen functional groups attached to an aromatic ring is 1. The van der Waals surface area contributed by atoms with E-state index >= 15 is 0 Å². The van der Waals surface area contributed by atoms with Gasteiger partial charge in [-0.05, 0) is 37.6 Å². The number of ether oxygens (including phenoxy) is 1. The molecule has 0 aliphatic rings. The highest BCUT2D eigenvalue weighted by Crippen LogP contribution is 2.30. The number of carbonyl (C=O) groups is 1. The van der Waals surface area contributed by atoms with E-state index in [0.29, 0.717) is 22.6 Å². The first kappa shape index (κ1) is 14.8. The highest BCUT2D eigenvalue weighted by molar-refractivity contribution is 6.00. The van der Waals surface area contributed by atoms with Crippen molar-refractivity contribution in [2.75, 3.05) is 17.7 Å². The third kappa shape index (κ3) is 3.13. The van der Waals surface area contributed by atoms with Crippen LogP contribution < -0.4 is 11.1 Å². The number of nitrogens with two attached hydrogens (primary N) is 1. The number of aryl methyl sites for hydroxylation is 1. The molecule has 0 bridgehead atoms. The van der Waals surface area contributed by atoms with E-state index in [1.54, 1.807) is 44.2 Å². The second-order valence-corrected chi connectivity index (χ2v) is 4.55. The molecule has 0 amide bonds. The fourth-order valence-corrected chi connectivity index (χ4v) is 2.00. The van der Waals surface area contributed by atoms with Crippen molar-refractivity contribution in [3.05, 3.63) is 53.3 Å². The molecule has 0 aliphatic heterocycles. The molecule has 0 fully saturated rings. The lowest BCUT2D eigenvalue weighted by molar-refractivity contribution is 0.0527. The number of rotatable bonds is 4. The van der Waals surface area contributed by atoms with Crippen LogP contribution in [0, 0.1) is 12.7 Å². The predicted molar refractivity (Wildman–Crippen MR) is 81.2 cm³/mol. The van der Waals surface area contributed by atoms with E-state index in [1.165, 1.54) is 6.07 Å². The summed E-state index contributed by atoms with van der Waals surface area (Å²) in [5.74, 6) is -0.908. The summed E-state index contributed by atoms with van der Waals surface area (Å²) in [6, 6.07) is 9.62. The third-order valence-electron chi connectivity index (χ3n) is 3.06. The Balaban J connectivity index is 2.46. The highest BCUT2D eigenvalue weighted by Gasteiger charge is 2.16. The van der Waals surface area contributed by atoms with Gasteiger partial charge in [0.05, 0.1) is 29.2 Å². The molecule has 2 rings (SSSR count). The summed E-state index contributed by atoms with van der Waals surface area (Å²) in [7, 11) is 0. The summed E-state index contributed by atoms with van der Waals surface area (Å²) in [5, 5.41) is 2.92. The molecule has 0 saturated heterocycles. The third-order valence-corrected chi connectivity index (χ3v) is 3.06. The Morgan fingerprint density at radius 2 is 1.95 bits per heavy atom. The molecule has 2 aromatic carbocycles. The first-order valence-corrected chi connectivity index (χ1v) is 6.62. The van der Waals surface area contributed by atoms with Crippen LogP contribution in [-0.2, 0) is 4.74 Å². The average molecular weight is 288 g/mol. The van der Waals surface area contributed by atoms with Crippen LogP contribution in [0.1, 0.15) is 22.8 Å². The van der Waals surface area contributed by atoms with Gasteiger partial charge >= 0.3 is 5.97 Å². The number of anilines is 3. The fourth-order valence-electron chi connectivity index (χ4n) is 2.00. The van der Waals surface area contributed by atoms with Crippen LogP contribution in [0.5, 0.6) is 0 Å². The number of hydrogen-bond donors (Lipinski definition) is 2. The summed E-state index contributed by atoms with van der Waals surface area (Å²) in [6.07, 6.45) is 0. The number of carbonyl (C=O) groups excluding carboxylic acids is 1. The summed E-state index contributed by atoms with van der Waals surface area (Å²) >= 11 is 0. The number of benzene rings is 2. The van der Waals surface area contributed by atoms with Crippen molar-refractivity contribution in [3.63, 3.8) is 0 Å². The van der Waals surface area contributed by atoms with Crippen LogP contribution >= 0.6 is 0 Å². The van der Waals surface area contributed by atoms with Gasteiger partial charge in [0, 0.05) is 0 Å². The van der Waals surface area contributed by atoms with Crippen LogP contribution in [-0.4, -0.2) is 12.6 Å². The zero-order valence-corrected chi connectivity index (χ0v) is 11.9. The number of halogens is 1. The minimum absolute atomic E-state index is 0.256. The Morgan fingerprint density at radius 3 is 2.62 bits per heavy atom. The van der Waals surface area contributed by atoms with Crippen molar-refractivity contribution in [1.29, 1.82) is 0 Å². The first-order chi connectivity index (χ1) is 10.0. The molecule has 0 saturated carbocycles. The smallest absolute Gasteiger partial charge is 0.340 e. The maximum absolute atomic E-state index is 13.9. The zero-order chi connectivity index (χ0) is 15.4. The molecular formula is C16H17FN2O2. The highest BCUT2D eigenvalue weighted by atomic mass is 19.1.